The van der Waals surface area contributed by atoms with Crippen molar-refractivity contribution in [3.8, 4) is 17.1 Å². The highest BCUT2D eigenvalue weighted by Crippen LogP contribution is 2.31. The van der Waals surface area contributed by atoms with E-state index in [1.807, 2.05) is 4.90 Å². The summed E-state index contributed by atoms with van der Waals surface area (Å²) in [6.07, 6.45) is 3.32. The van der Waals surface area contributed by atoms with Crippen molar-refractivity contribution in [2.75, 3.05) is 12.9 Å². The Morgan fingerprint density at radius 1 is 1.38 bits per heavy atom. The number of hydrogen-bond donors (Lipinski definition) is 1. The van der Waals surface area contributed by atoms with Gasteiger partial charge in [0.15, 0.2) is 5.82 Å². The largest absolute Gasteiger partial charge is 0.496 e. The molecule has 0 radical (unpaired) electrons. The quantitative estimate of drug-likeness (QED) is 0.775. The number of carbonyl (C=O) groups excluding carboxylic acids is 1. The third-order valence-electron chi connectivity index (χ3n) is 4.69. The van der Waals surface area contributed by atoms with Crippen molar-refractivity contribution < 1.29 is 9.53 Å². The lowest BCUT2D eigenvalue weighted by Crippen LogP contribution is -2.48. The molecule has 1 fully saturated rings. The van der Waals surface area contributed by atoms with Gasteiger partial charge in [0.2, 0.25) is 11.1 Å². The Morgan fingerprint density at radius 3 is 2.81 bits per heavy atom. The molecule has 0 saturated carbocycles. The maximum Gasteiger partial charge on any atom is 0.233 e. The summed E-state index contributed by atoms with van der Waals surface area (Å²) in [5.41, 5.74) is 0.740. The summed E-state index contributed by atoms with van der Waals surface area (Å²) in [5.74, 6) is 1.70. The van der Waals surface area contributed by atoms with Crippen LogP contribution in [0.2, 0.25) is 5.02 Å². The van der Waals surface area contributed by atoms with E-state index < -0.39 is 0 Å². The van der Waals surface area contributed by atoms with Crippen molar-refractivity contribution in [2.45, 2.75) is 50.4 Å². The molecule has 1 aromatic heterocycles. The first-order valence-electron chi connectivity index (χ1n) is 8.70. The molecule has 1 amide bonds. The van der Waals surface area contributed by atoms with E-state index in [4.69, 9.17) is 16.3 Å². The molecule has 6 nitrogen and oxygen atoms in total. The van der Waals surface area contributed by atoms with Crippen LogP contribution in [-0.2, 0) is 4.79 Å². The van der Waals surface area contributed by atoms with Crippen LogP contribution in [0.15, 0.2) is 23.4 Å². The monoisotopic (exact) mass is 394 g/mol. The number of aromatic amines is 1. The number of methoxy groups -OCH3 is 1. The van der Waals surface area contributed by atoms with E-state index in [1.54, 1.807) is 25.3 Å². The summed E-state index contributed by atoms with van der Waals surface area (Å²) in [7, 11) is 1.60. The third-order valence-corrected chi connectivity index (χ3v) is 5.75. The maximum atomic E-state index is 12.6. The second-order valence-corrected chi connectivity index (χ2v) is 7.91. The lowest BCUT2D eigenvalue weighted by molar-refractivity contribution is -0.134. The van der Waals surface area contributed by atoms with Crippen LogP contribution in [0.5, 0.6) is 5.75 Å². The van der Waals surface area contributed by atoms with Gasteiger partial charge in [-0.15, -0.1) is 5.10 Å². The minimum atomic E-state index is 0.140. The van der Waals surface area contributed by atoms with Crippen molar-refractivity contribution in [2.24, 2.45) is 0 Å². The van der Waals surface area contributed by atoms with Crippen LogP contribution in [0.1, 0.15) is 33.1 Å². The van der Waals surface area contributed by atoms with Crippen LogP contribution in [0.4, 0.5) is 0 Å². The normalized spacial score (nSPS) is 20.2. The van der Waals surface area contributed by atoms with Crippen LogP contribution in [0.3, 0.4) is 0 Å². The number of benzene rings is 1. The molecule has 140 valence electrons. The van der Waals surface area contributed by atoms with Crippen LogP contribution >= 0.6 is 23.4 Å². The number of halogens is 1. The third kappa shape index (κ3) is 4.15. The molecular formula is C18H23ClN4O2S. The average molecular weight is 395 g/mol. The van der Waals surface area contributed by atoms with E-state index in [1.165, 1.54) is 18.2 Å². The average Bonchev–Trinajstić information content (AvgIpc) is 3.08. The van der Waals surface area contributed by atoms with Crippen LogP contribution < -0.4 is 4.74 Å². The fraction of sp³-hybridized carbons (Fsp3) is 0.500. The molecule has 2 atom stereocenters. The molecule has 2 aromatic rings. The molecule has 0 spiro atoms. The molecule has 2 heterocycles. The van der Waals surface area contributed by atoms with Gasteiger partial charge < -0.3 is 9.64 Å². The molecule has 0 aliphatic carbocycles. The smallest absolute Gasteiger partial charge is 0.233 e. The number of ether oxygens (including phenoxy) is 1. The Balaban J connectivity index is 1.67. The number of thioether (sulfide) groups is 1. The number of nitrogens with zero attached hydrogens (tertiary/aromatic N) is 3. The minimum Gasteiger partial charge on any atom is -0.496 e. The zero-order chi connectivity index (χ0) is 18.7. The zero-order valence-corrected chi connectivity index (χ0v) is 16.7. The number of carbonyl (C=O) groups is 1. The highest BCUT2D eigenvalue weighted by Gasteiger charge is 2.28. The summed E-state index contributed by atoms with van der Waals surface area (Å²) in [4.78, 5) is 19.1. The van der Waals surface area contributed by atoms with Crippen molar-refractivity contribution in [1.82, 2.24) is 20.1 Å². The highest BCUT2D eigenvalue weighted by atomic mass is 35.5. The number of rotatable bonds is 5. The van der Waals surface area contributed by atoms with Gasteiger partial charge in [0.1, 0.15) is 5.75 Å². The summed E-state index contributed by atoms with van der Waals surface area (Å²) in [5, 5.41) is 8.24. The van der Waals surface area contributed by atoms with E-state index in [0.29, 0.717) is 39.6 Å². The lowest BCUT2D eigenvalue weighted by atomic mass is 9.98. The van der Waals surface area contributed by atoms with E-state index in [9.17, 15) is 4.79 Å². The Kier molecular flexibility index (Phi) is 6.09. The SMILES string of the molecule is COc1ccc(Cl)cc1-c1nc(SCC(=O)N2[C@@H](C)CCC[C@@H]2C)n[nH]1. The number of piperidine rings is 1. The zero-order valence-electron chi connectivity index (χ0n) is 15.2. The number of H-pyrrole nitrogens is 1. The first-order chi connectivity index (χ1) is 12.5. The second kappa shape index (κ2) is 8.31. The van der Waals surface area contributed by atoms with Gasteiger partial charge in [-0.3, -0.25) is 9.89 Å². The Labute approximate surface area is 162 Å². The minimum absolute atomic E-state index is 0.140. The molecular weight excluding hydrogens is 372 g/mol. The lowest BCUT2D eigenvalue weighted by Gasteiger charge is -2.39. The van der Waals surface area contributed by atoms with Gasteiger partial charge in [-0.05, 0) is 51.3 Å². The van der Waals surface area contributed by atoms with E-state index in [-0.39, 0.29) is 5.91 Å². The van der Waals surface area contributed by atoms with Gasteiger partial charge in [-0.25, -0.2) is 4.98 Å². The van der Waals surface area contributed by atoms with Crippen molar-refractivity contribution in [3.63, 3.8) is 0 Å². The molecule has 1 aliphatic heterocycles. The standard InChI is InChI=1S/C18H23ClN4O2S/c1-11-5-4-6-12(2)23(11)16(24)10-26-18-20-17(21-22-18)14-9-13(19)7-8-15(14)25-3/h7-9,11-12H,4-6,10H2,1-3H3,(H,20,21,22)/t11-,12-/m0/s1. The van der Waals surface area contributed by atoms with Crippen LogP contribution in [0, 0.1) is 0 Å². The summed E-state index contributed by atoms with van der Waals surface area (Å²) in [6, 6.07) is 5.92. The summed E-state index contributed by atoms with van der Waals surface area (Å²) < 4.78 is 5.35. The second-order valence-electron chi connectivity index (χ2n) is 6.53. The van der Waals surface area contributed by atoms with Crippen molar-refractivity contribution in [1.29, 1.82) is 0 Å². The van der Waals surface area contributed by atoms with Gasteiger partial charge in [0, 0.05) is 17.1 Å². The summed E-state index contributed by atoms with van der Waals surface area (Å²) in [6.45, 7) is 4.24. The summed E-state index contributed by atoms with van der Waals surface area (Å²) >= 11 is 7.41. The molecule has 0 bridgehead atoms. The first kappa shape index (κ1) is 19.0. The number of aromatic nitrogens is 3. The highest BCUT2D eigenvalue weighted by molar-refractivity contribution is 7.99. The number of amides is 1. The Morgan fingerprint density at radius 2 is 2.12 bits per heavy atom. The van der Waals surface area contributed by atoms with Gasteiger partial charge >= 0.3 is 0 Å². The number of nitrogens with one attached hydrogen (secondary N) is 1. The molecule has 3 rings (SSSR count). The Bertz CT molecular complexity index is 772. The predicted molar refractivity (Wildman–Crippen MR) is 104 cm³/mol. The molecule has 1 aromatic carbocycles. The first-order valence-corrected chi connectivity index (χ1v) is 10.1. The van der Waals surface area contributed by atoms with Crippen molar-refractivity contribution >= 4 is 29.3 Å². The predicted octanol–water partition coefficient (Wildman–Crippen LogP) is 4.02. The molecule has 1 aliphatic rings. The van der Waals surface area contributed by atoms with Crippen molar-refractivity contribution in [3.05, 3.63) is 23.2 Å². The number of hydrogen-bond acceptors (Lipinski definition) is 5. The van der Waals surface area contributed by atoms with Gasteiger partial charge in [-0.1, -0.05) is 23.4 Å². The van der Waals surface area contributed by atoms with Crippen LogP contribution in [0.25, 0.3) is 11.4 Å². The Hall–Kier alpha value is -1.73. The topological polar surface area (TPSA) is 71.1 Å². The molecule has 0 unspecified atom stereocenters. The molecule has 1 saturated heterocycles. The van der Waals surface area contributed by atoms with E-state index in [2.05, 4.69) is 29.0 Å². The van der Waals surface area contributed by atoms with Gasteiger partial charge in [-0.2, -0.15) is 0 Å². The fourth-order valence-electron chi connectivity index (χ4n) is 3.41. The number of likely N-dealkylation sites (tertiary alicyclic amines) is 1. The van der Waals surface area contributed by atoms with Crippen LogP contribution in [-0.4, -0.2) is 50.9 Å². The van der Waals surface area contributed by atoms with E-state index >= 15 is 0 Å². The molecule has 8 heteroatoms. The van der Waals surface area contributed by atoms with E-state index in [0.717, 1.165) is 18.4 Å². The van der Waals surface area contributed by atoms with Gasteiger partial charge in [0.05, 0.1) is 18.4 Å². The molecule has 26 heavy (non-hydrogen) atoms. The maximum absolute atomic E-state index is 12.6. The molecule has 1 N–H and O–H groups in total. The fourth-order valence-corrected chi connectivity index (χ4v) is 4.25. The van der Waals surface area contributed by atoms with Gasteiger partial charge in [0.25, 0.3) is 0 Å².